The summed E-state index contributed by atoms with van der Waals surface area (Å²) in [5.74, 6) is -0.121. The molecule has 1 aliphatic heterocycles. The third kappa shape index (κ3) is 4.70. The molecule has 0 bridgehead atoms. The van der Waals surface area contributed by atoms with Crippen molar-refractivity contribution in [2.45, 2.75) is 59.0 Å². The molecule has 7 nitrogen and oxygen atoms in total. The summed E-state index contributed by atoms with van der Waals surface area (Å²) in [5, 5.41) is 7.55. The van der Waals surface area contributed by atoms with E-state index in [1.807, 2.05) is 55.8 Å². The lowest BCUT2D eigenvalue weighted by Gasteiger charge is -2.23. The maximum absolute atomic E-state index is 12.8. The van der Waals surface area contributed by atoms with Crippen molar-refractivity contribution in [2.75, 3.05) is 12.3 Å². The number of hydrogen-bond donors (Lipinski definition) is 1. The zero-order chi connectivity index (χ0) is 21.0. The molecule has 158 valence electrons. The zero-order valence-electron chi connectivity index (χ0n) is 17.4. The van der Waals surface area contributed by atoms with Crippen LogP contribution in [0.15, 0.2) is 30.3 Å². The number of aromatic nitrogens is 2. The molecule has 2 aromatic rings. The lowest BCUT2D eigenvalue weighted by Crippen LogP contribution is -2.46. The third-order valence-corrected chi connectivity index (χ3v) is 7.46. The maximum Gasteiger partial charge on any atom is 0.238 e. The smallest absolute Gasteiger partial charge is 0.238 e. The van der Waals surface area contributed by atoms with E-state index in [1.54, 1.807) is 0 Å². The molecule has 0 aliphatic carbocycles. The molecule has 1 saturated heterocycles. The van der Waals surface area contributed by atoms with E-state index < -0.39 is 16.1 Å². The summed E-state index contributed by atoms with van der Waals surface area (Å²) in [7, 11) is -3.39. The first-order valence-electron chi connectivity index (χ1n) is 10.2. The molecule has 0 saturated carbocycles. The minimum absolute atomic E-state index is 0.106. The molecule has 1 aromatic carbocycles. The number of nitrogens with one attached hydrogen (secondary N) is 1. The number of rotatable bonds is 8. The molecular formula is C21H30N4O3S. The van der Waals surface area contributed by atoms with Crippen LogP contribution in [0.4, 0.5) is 0 Å². The van der Waals surface area contributed by atoms with Gasteiger partial charge in [-0.2, -0.15) is 9.40 Å². The van der Waals surface area contributed by atoms with Gasteiger partial charge in [-0.05, 0) is 45.2 Å². The van der Waals surface area contributed by atoms with Gasteiger partial charge in [0.25, 0.3) is 0 Å². The molecule has 2 heterocycles. The first-order chi connectivity index (χ1) is 13.8. The molecule has 1 fully saturated rings. The maximum atomic E-state index is 12.8. The Bertz CT molecular complexity index is 954. The van der Waals surface area contributed by atoms with Gasteiger partial charge in [-0.15, -0.1) is 0 Å². The van der Waals surface area contributed by atoms with Crippen LogP contribution >= 0.6 is 0 Å². The number of carbonyl (C=O) groups is 1. The van der Waals surface area contributed by atoms with Gasteiger partial charge < -0.3 is 5.32 Å². The predicted molar refractivity (Wildman–Crippen MR) is 113 cm³/mol. The minimum Gasteiger partial charge on any atom is -0.350 e. The van der Waals surface area contributed by atoms with Crippen LogP contribution in [-0.4, -0.2) is 46.8 Å². The lowest BCUT2D eigenvalue weighted by atomic mass is 10.1. The van der Waals surface area contributed by atoms with Crippen LogP contribution in [-0.2, 0) is 21.4 Å². The standard InChI is InChI=1S/C21H30N4O3S/c1-4-5-14-29(27,28)24-13-9-12-20(24)21(26)22-15-19-16(2)23-25(17(19)3)18-10-7-6-8-11-18/h6-8,10-11,20H,4-5,9,12-15H2,1-3H3,(H,22,26). The number of sulfonamides is 1. The largest absolute Gasteiger partial charge is 0.350 e. The molecular weight excluding hydrogens is 388 g/mol. The van der Waals surface area contributed by atoms with Crippen molar-refractivity contribution < 1.29 is 13.2 Å². The van der Waals surface area contributed by atoms with Crippen LogP contribution in [0.2, 0.25) is 0 Å². The van der Waals surface area contributed by atoms with Crippen molar-refractivity contribution in [1.82, 2.24) is 19.4 Å². The Morgan fingerprint density at radius 3 is 2.66 bits per heavy atom. The second kappa shape index (κ2) is 9.09. The van der Waals surface area contributed by atoms with E-state index in [9.17, 15) is 13.2 Å². The molecule has 3 rings (SSSR count). The summed E-state index contributed by atoms with van der Waals surface area (Å²) < 4.78 is 28.4. The number of benzene rings is 1. The third-order valence-electron chi connectivity index (χ3n) is 5.50. The van der Waals surface area contributed by atoms with E-state index >= 15 is 0 Å². The van der Waals surface area contributed by atoms with Gasteiger partial charge >= 0.3 is 0 Å². The van der Waals surface area contributed by atoms with Gasteiger partial charge in [-0.1, -0.05) is 31.5 Å². The average Bonchev–Trinajstić information content (AvgIpc) is 3.31. The summed E-state index contributed by atoms with van der Waals surface area (Å²) >= 11 is 0. The Morgan fingerprint density at radius 1 is 1.24 bits per heavy atom. The summed E-state index contributed by atoms with van der Waals surface area (Å²) in [6.07, 6.45) is 2.71. The fraction of sp³-hybridized carbons (Fsp3) is 0.524. The first-order valence-corrected chi connectivity index (χ1v) is 11.8. The highest BCUT2D eigenvalue weighted by Crippen LogP contribution is 2.23. The van der Waals surface area contributed by atoms with Crippen LogP contribution in [0.5, 0.6) is 0 Å². The van der Waals surface area contributed by atoms with E-state index in [2.05, 4.69) is 10.4 Å². The molecule has 1 atom stereocenters. The summed E-state index contributed by atoms with van der Waals surface area (Å²) in [4.78, 5) is 12.8. The minimum atomic E-state index is -3.39. The van der Waals surface area contributed by atoms with Crippen molar-refractivity contribution in [3.05, 3.63) is 47.3 Å². The zero-order valence-corrected chi connectivity index (χ0v) is 18.2. The highest BCUT2D eigenvalue weighted by atomic mass is 32.2. The van der Waals surface area contributed by atoms with Gasteiger partial charge in [0.05, 0.1) is 17.1 Å². The molecule has 29 heavy (non-hydrogen) atoms. The Hall–Kier alpha value is -2.19. The molecule has 8 heteroatoms. The van der Waals surface area contributed by atoms with Crippen molar-refractivity contribution in [2.24, 2.45) is 0 Å². The van der Waals surface area contributed by atoms with Crippen molar-refractivity contribution in [3.63, 3.8) is 0 Å². The van der Waals surface area contributed by atoms with Crippen LogP contribution in [0.1, 0.15) is 49.6 Å². The van der Waals surface area contributed by atoms with Crippen LogP contribution < -0.4 is 5.32 Å². The van der Waals surface area contributed by atoms with Crippen LogP contribution in [0.25, 0.3) is 5.69 Å². The normalized spacial score (nSPS) is 17.6. The van der Waals surface area contributed by atoms with Gasteiger partial charge in [-0.25, -0.2) is 13.1 Å². The van der Waals surface area contributed by atoms with Gasteiger partial charge in [0.2, 0.25) is 15.9 Å². The quantitative estimate of drug-likeness (QED) is 0.714. The molecule has 0 radical (unpaired) electrons. The number of nitrogens with zero attached hydrogens (tertiary/aromatic N) is 3. The Balaban J connectivity index is 1.70. The van der Waals surface area contributed by atoms with Gasteiger partial charge in [0.15, 0.2) is 0 Å². The highest BCUT2D eigenvalue weighted by Gasteiger charge is 2.38. The monoisotopic (exact) mass is 418 g/mol. The lowest BCUT2D eigenvalue weighted by molar-refractivity contribution is -0.124. The number of hydrogen-bond acceptors (Lipinski definition) is 4. The molecule has 1 aromatic heterocycles. The molecule has 0 spiro atoms. The van der Waals surface area contributed by atoms with Gasteiger partial charge in [0.1, 0.15) is 6.04 Å². The molecule has 1 N–H and O–H groups in total. The van der Waals surface area contributed by atoms with E-state index in [0.717, 1.165) is 29.1 Å². The van der Waals surface area contributed by atoms with Crippen molar-refractivity contribution >= 4 is 15.9 Å². The van der Waals surface area contributed by atoms with Crippen molar-refractivity contribution in [1.29, 1.82) is 0 Å². The number of amides is 1. The SMILES string of the molecule is CCCCS(=O)(=O)N1CCCC1C(=O)NCc1c(C)nn(-c2ccccc2)c1C. The van der Waals surface area contributed by atoms with E-state index in [1.165, 1.54) is 4.31 Å². The Labute approximate surface area is 173 Å². The number of unbranched alkanes of at least 4 members (excludes halogenated alkanes) is 1. The summed E-state index contributed by atoms with van der Waals surface area (Å²) in [5.41, 5.74) is 3.74. The van der Waals surface area contributed by atoms with E-state index in [0.29, 0.717) is 32.4 Å². The Kier molecular flexibility index (Phi) is 6.74. The average molecular weight is 419 g/mol. The van der Waals surface area contributed by atoms with Crippen molar-refractivity contribution in [3.8, 4) is 5.69 Å². The number of aryl methyl sites for hydroxylation is 1. The predicted octanol–water partition coefficient (Wildman–Crippen LogP) is 2.70. The number of para-hydroxylation sites is 1. The molecule has 1 amide bonds. The fourth-order valence-electron chi connectivity index (χ4n) is 3.82. The second-order valence-corrected chi connectivity index (χ2v) is 9.59. The van der Waals surface area contributed by atoms with Crippen LogP contribution in [0.3, 0.4) is 0 Å². The first kappa shape index (κ1) is 21.5. The summed E-state index contributed by atoms with van der Waals surface area (Å²) in [6.45, 7) is 6.62. The summed E-state index contributed by atoms with van der Waals surface area (Å²) in [6, 6.07) is 9.24. The Morgan fingerprint density at radius 2 is 1.97 bits per heavy atom. The molecule has 1 aliphatic rings. The van der Waals surface area contributed by atoms with E-state index in [4.69, 9.17) is 0 Å². The van der Waals surface area contributed by atoms with Gasteiger partial charge in [-0.3, -0.25) is 4.79 Å². The fourth-order valence-corrected chi connectivity index (χ4v) is 5.71. The topological polar surface area (TPSA) is 84.3 Å². The van der Waals surface area contributed by atoms with Gasteiger partial charge in [0, 0.05) is 24.3 Å². The van der Waals surface area contributed by atoms with E-state index in [-0.39, 0.29) is 11.7 Å². The molecule has 1 unspecified atom stereocenters. The second-order valence-electron chi connectivity index (χ2n) is 7.55. The highest BCUT2D eigenvalue weighted by molar-refractivity contribution is 7.89. The number of carbonyl (C=O) groups excluding carboxylic acids is 1. The van der Waals surface area contributed by atoms with Crippen LogP contribution in [0, 0.1) is 13.8 Å².